The van der Waals surface area contributed by atoms with Crippen LogP contribution < -0.4 is 10.6 Å². The van der Waals surface area contributed by atoms with Gasteiger partial charge in [0.2, 0.25) is 0 Å². The third kappa shape index (κ3) is 2.91. The topological polar surface area (TPSA) is 24.1 Å². The van der Waals surface area contributed by atoms with Gasteiger partial charge in [0.1, 0.15) is 5.00 Å². The lowest BCUT2D eigenvalue weighted by Crippen LogP contribution is -2.39. The molecule has 0 amide bonds. The summed E-state index contributed by atoms with van der Waals surface area (Å²) in [5, 5.41) is 7.16. The second kappa shape index (κ2) is 5.06. The first-order valence-corrected chi connectivity index (χ1v) is 5.62. The molecule has 0 fully saturated rings. The SMILES string of the molecule is CCNC1=C(Cl)CC(Cl)(NCC)C=C1. The minimum atomic E-state index is -0.509. The van der Waals surface area contributed by atoms with Gasteiger partial charge in [-0.1, -0.05) is 30.1 Å². The third-order valence-electron chi connectivity index (χ3n) is 2.06. The summed E-state index contributed by atoms with van der Waals surface area (Å²) in [5.41, 5.74) is 0.975. The van der Waals surface area contributed by atoms with Gasteiger partial charge in [-0.2, -0.15) is 0 Å². The number of hydrogen-bond acceptors (Lipinski definition) is 2. The summed E-state index contributed by atoms with van der Waals surface area (Å²) in [4.78, 5) is -0.509. The fourth-order valence-electron chi connectivity index (χ4n) is 1.45. The molecule has 0 spiro atoms. The standard InChI is InChI=1S/C10H16Cl2N2/c1-3-13-9-5-6-10(12,14-4-2)7-8(9)11/h5-6,13-14H,3-4,7H2,1-2H3. The molecule has 1 rings (SSSR count). The molecule has 0 saturated carbocycles. The van der Waals surface area contributed by atoms with Crippen LogP contribution >= 0.6 is 23.2 Å². The molecule has 0 aromatic rings. The van der Waals surface area contributed by atoms with E-state index >= 15 is 0 Å². The second-order valence-electron chi connectivity index (χ2n) is 3.25. The molecule has 1 unspecified atom stereocenters. The number of halogens is 2. The highest BCUT2D eigenvalue weighted by molar-refractivity contribution is 6.32. The zero-order chi connectivity index (χ0) is 10.6. The molecule has 2 N–H and O–H groups in total. The Bertz CT molecular complexity index is 261. The van der Waals surface area contributed by atoms with Gasteiger partial charge in [-0.25, -0.2) is 0 Å². The van der Waals surface area contributed by atoms with E-state index in [2.05, 4.69) is 10.6 Å². The van der Waals surface area contributed by atoms with E-state index in [0.717, 1.165) is 23.8 Å². The van der Waals surface area contributed by atoms with Gasteiger partial charge in [0.15, 0.2) is 0 Å². The summed E-state index contributed by atoms with van der Waals surface area (Å²) >= 11 is 12.4. The lowest BCUT2D eigenvalue weighted by molar-refractivity contribution is 0.550. The van der Waals surface area contributed by atoms with Gasteiger partial charge in [-0.15, -0.1) is 0 Å². The third-order valence-corrected chi connectivity index (χ3v) is 2.79. The zero-order valence-corrected chi connectivity index (χ0v) is 10.0. The van der Waals surface area contributed by atoms with Crippen molar-refractivity contribution in [2.45, 2.75) is 25.3 Å². The fourth-order valence-corrected chi connectivity index (χ4v) is 2.19. The molecular weight excluding hydrogens is 219 g/mol. The highest BCUT2D eigenvalue weighted by Gasteiger charge is 2.27. The summed E-state index contributed by atoms with van der Waals surface area (Å²) in [6, 6.07) is 0. The predicted molar refractivity (Wildman–Crippen MR) is 62.6 cm³/mol. The lowest BCUT2D eigenvalue weighted by Gasteiger charge is -2.28. The van der Waals surface area contributed by atoms with Gasteiger partial charge in [-0.05, 0) is 25.6 Å². The minimum Gasteiger partial charge on any atom is -0.384 e. The van der Waals surface area contributed by atoms with E-state index in [1.165, 1.54) is 0 Å². The van der Waals surface area contributed by atoms with Gasteiger partial charge in [0.25, 0.3) is 0 Å². The van der Waals surface area contributed by atoms with E-state index in [1.54, 1.807) is 0 Å². The van der Waals surface area contributed by atoms with Crippen molar-refractivity contribution < 1.29 is 0 Å². The van der Waals surface area contributed by atoms with Crippen molar-refractivity contribution in [3.8, 4) is 0 Å². The van der Waals surface area contributed by atoms with E-state index in [4.69, 9.17) is 23.2 Å². The average molecular weight is 235 g/mol. The Morgan fingerprint density at radius 3 is 2.64 bits per heavy atom. The van der Waals surface area contributed by atoms with Crippen molar-refractivity contribution in [1.82, 2.24) is 10.6 Å². The van der Waals surface area contributed by atoms with Crippen LogP contribution in [-0.2, 0) is 0 Å². The van der Waals surface area contributed by atoms with Crippen LogP contribution in [-0.4, -0.2) is 18.1 Å². The Labute approximate surface area is 95.3 Å². The van der Waals surface area contributed by atoms with Crippen LogP contribution in [0.1, 0.15) is 20.3 Å². The van der Waals surface area contributed by atoms with Gasteiger partial charge in [-0.3, -0.25) is 5.32 Å². The molecule has 0 aromatic carbocycles. The maximum atomic E-state index is 6.29. The smallest absolute Gasteiger partial charge is 0.117 e. The van der Waals surface area contributed by atoms with Gasteiger partial charge in [0, 0.05) is 23.7 Å². The minimum absolute atomic E-state index is 0.509. The number of nitrogens with one attached hydrogen (secondary N) is 2. The number of alkyl halides is 1. The Morgan fingerprint density at radius 1 is 1.43 bits per heavy atom. The molecule has 80 valence electrons. The monoisotopic (exact) mass is 234 g/mol. The Hall–Kier alpha value is -0.180. The number of allylic oxidation sites excluding steroid dienone is 1. The van der Waals surface area contributed by atoms with E-state index in [-0.39, 0.29) is 0 Å². The molecule has 0 bridgehead atoms. The van der Waals surface area contributed by atoms with Crippen LogP contribution in [0.5, 0.6) is 0 Å². The van der Waals surface area contributed by atoms with E-state index in [9.17, 15) is 0 Å². The van der Waals surface area contributed by atoms with E-state index < -0.39 is 5.00 Å². The summed E-state index contributed by atoms with van der Waals surface area (Å²) in [7, 11) is 0. The van der Waals surface area contributed by atoms with Crippen LogP contribution in [0.3, 0.4) is 0 Å². The van der Waals surface area contributed by atoms with Crippen molar-refractivity contribution in [2.75, 3.05) is 13.1 Å². The lowest BCUT2D eigenvalue weighted by atomic mass is 10.1. The van der Waals surface area contributed by atoms with Crippen molar-refractivity contribution in [3.05, 3.63) is 22.9 Å². The molecule has 4 heteroatoms. The Morgan fingerprint density at radius 2 is 2.14 bits per heavy atom. The maximum Gasteiger partial charge on any atom is 0.117 e. The molecule has 1 atom stereocenters. The maximum absolute atomic E-state index is 6.29. The van der Waals surface area contributed by atoms with Crippen LogP contribution in [0.15, 0.2) is 22.9 Å². The Balaban J connectivity index is 2.69. The first-order chi connectivity index (χ1) is 6.61. The van der Waals surface area contributed by atoms with Crippen LogP contribution in [0.2, 0.25) is 0 Å². The first kappa shape index (κ1) is 11.9. The zero-order valence-electron chi connectivity index (χ0n) is 8.53. The molecule has 0 heterocycles. The number of rotatable bonds is 4. The van der Waals surface area contributed by atoms with Gasteiger partial charge in [0.05, 0.1) is 0 Å². The van der Waals surface area contributed by atoms with Crippen LogP contribution in [0.4, 0.5) is 0 Å². The largest absolute Gasteiger partial charge is 0.384 e. The molecule has 0 saturated heterocycles. The van der Waals surface area contributed by atoms with Gasteiger partial charge >= 0.3 is 0 Å². The van der Waals surface area contributed by atoms with Crippen LogP contribution in [0, 0.1) is 0 Å². The molecule has 14 heavy (non-hydrogen) atoms. The summed E-state index contributed by atoms with van der Waals surface area (Å²) in [5.74, 6) is 0. The molecule has 0 aromatic heterocycles. The number of hydrogen-bond donors (Lipinski definition) is 2. The molecule has 1 aliphatic carbocycles. The predicted octanol–water partition coefficient (Wildman–Crippen LogP) is 2.55. The van der Waals surface area contributed by atoms with Crippen molar-refractivity contribution in [1.29, 1.82) is 0 Å². The van der Waals surface area contributed by atoms with Gasteiger partial charge < -0.3 is 5.32 Å². The molecule has 2 nitrogen and oxygen atoms in total. The van der Waals surface area contributed by atoms with Crippen molar-refractivity contribution in [2.24, 2.45) is 0 Å². The Kier molecular flexibility index (Phi) is 4.30. The van der Waals surface area contributed by atoms with E-state index in [0.29, 0.717) is 6.42 Å². The highest BCUT2D eigenvalue weighted by atomic mass is 35.5. The summed E-state index contributed by atoms with van der Waals surface area (Å²) < 4.78 is 0. The molecule has 0 aliphatic heterocycles. The first-order valence-electron chi connectivity index (χ1n) is 4.87. The molecule has 0 radical (unpaired) electrons. The fraction of sp³-hybridized carbons (Fsp3) is 0.600. The van der Waals surface area contributed by atoms with Crippen LogP contribution in [0.25, 0.3) is 0 Å². The van der Waals surface area contributed by atoms with E-state index in [1.807, 2.05) is 26.0 Å². The summed E-state index contributed by atoms with van der Waals surface area (Å²) in [6.45, 7) is 5.76. The highest BCUT2D eigenvalue weighted by Crippen LogP contribution is 2.31. The molecular formula is C10H16Cl2N2. The second-order valence-corrected chi connectivity index (χ2v) is 4.38. The quantitative estimate of drug-likeness (QED) is 0.578. The van der Waals surface area contributed by atoms with Crippen molar-refractivity contribution >= 4 is 23.2 Å². The summed E-state index contributed by atoms with van der Waals surface area (Å²) in [6.07, 6.45) is 4.51. The number of likely N-dealkylation sites (N-methyl/N-ethyl adjacent to an activating group) is 2. The average Bonchev–Trinajstić information content (AvgIpc) is 2.10. The molecule has 1 aliphatic rings. The van der Waals surface area contributed by atoms with Crippen molar-refractivity contribution in [3.63, 3.8) is 0 Å². The normalized spacial score (nSPS) is 26.9.